The van der Waals surface area contributed by atoms with Crippen molar-refractivity contribution in [2.24, 2.45) is 5.92 Å². The molecule has 0 radical (unpaired) electrons. The lowest BCUT2D eigenvalue weighted by molar-refractivity contribution is 0.102. The van der Waals surface area contributed by atoms with E-state index in [0.29, 0.717) is 17.7 Å². The number of amides is 1. The van der Waals surface area contributed by atoms with Gasteiger partial charge in [0.15, 0.2) is 5.69 Å². The number of anilines is 1. The fraction of sp³-hybridized carbons (Fsp3) is 0.438. The lowest BCUT2D eigenvalue weighted by Crippen LogP contribution is -2.15. The maximum Gasteiger partial charge on any atom is 0.276 e. The fourth-order valence-corrected chi connectivity index (χ4v) is 2.59. The zero-order chi connectivity index (χ0) is 15.0. The van der Waals surface area contributed by atoms with Crippen LogP contribution in [-0.2, 0) is 0 Å². The molecule has 21 heavy (non-hydrogen) atoms. The van der Waals surface area contributed by atoms with Crippen molar-refractivity contribution in [3.05, 3.63) is 41.5 Å². The SMILES string of the molecule is Cc1cnccc1NC(=O)c1cc(C)n(C(C)C2CC2)n1. The summed E-state index contributed by atoms with van der Waals surface area (Å²) in [6, 6.07) is 4.02. The largest absolute Gasteiger partial charge is 0.320 e. The first-order valence-electron chi connectivity index (χ1n) is 7.34. The zero-order valence-electron chi connectivity index (χ0n) is 12.6. The van der Waals surface area contributed by atoms with Crippen molar-refractivity contribution >= 4 is 11.6 Å². The van der Waals surface area contributed by atoms with Crippen molar-refractivity contribution in [2.75, 3.05) is 5.32 Å². The van der Waals surface area contributed by atoms with Crippen molar-refractivity contribution in [1.29, 1.82) is 0 Å². The molecule has 0 bridgehead atoms. The van der Waals surface area contributed by atoms with Crippen LogP contribution in [-0.4, -0.2) is 20.7 Å². The third-order valence-corrected chi connectivity index (χ3v) is 4.11. The number of pyridine rings is 1. The van der Waals surface area contributed by atoms with E-state index in [9.17, 15) is 4.79 Å². The second kappa shape index (κ2) is 5.31. The summed E-state index contributed by atoms with van der Waals surface area (Å²) in [5.41, 5.74) is 3.22. The van der Waals surface area contributed by atoms with E-state index in [2.05, 4.69) is 22.3 Å². The summed E-state index contributed by atoms with van der Waals surface area (Å²) >= 11 is 0. The van der Waals surface area contributed by atoms with Crippen molar-refractivity contribution < 1.29 is 4.79 Å². The molecule has 1 aliphatic carbocycles. The Hall–Kier alpha value is -2.17. The van der Waals surface area contributed by atoms with E-state index in [-0.39, 0.29) is 5.91 Å². The number of nitrogens with zero attached hydrogens (tertiary/aromatic N) is 3. The van der Waals surface area contributed by atoms with Gasteiger partial charge in [0, 0.05) is 23.8 Å². The zero-order valence-corrected chi connectivity index (χ0v) is 12.6. The van der Waals surface area contributed by atoms with Gasteiger partial charge < -0.3 is 5.32 Å². The Morgan fingerprint density at radius 2 is 2.19 bits per heavy atom. The maximum absolute atomic E-state index is 12.3. The number of hydrogen-bond donors (Lipinski definition) is 1. The van der Waals surface area contributed by atoms with Gasteiger partial charge in [-0.05, 0) is 57.2 Å². The van der Waals surface area contributed by atoms with Gasteiger partial charge in [0.1, 0.15) is 0 Å². The number of carbonyl (C=O) groups is 1. The molecular formula is C16H20N4O. The van der Waals surface area contributed by atoms with Crippen LogP contribution in [0.25, 0.3) is 0 Å². The molecule has 1 aliphatic rings. The van der Waals surface area contributed by atoms with E-state index >= 15 is 0 Å². The molecule has 0 aromatic carbocycles. The molecule has 0 spiro atoms. The van der Waals surface area contributed by atoms with Crippen LogP contribution in [0.15, 0.2) is 24.5 Å². The molecular weight excluding hydrogens is 264 g/mol. The van der Waals surface area contributed by atoms with Crippen molar-refractivity contribution in [1.82, 2.24) is 14.8 Å². The first-order valence-corrected chi connectivity index (χ1v) is 7.34. The van der Waals surface area contributed by atoms with Crippen LogP contribution in [0.1, 0.15) is 47.6 Å². The predicted octanol–water partition coefficient (Wildman–Crippen LogP) is 3.12. The average Bonchev–Trinajstić information content (AvgIpc) is 3.23. The van der Waals surface area contributed by atoms with Crippen molar-refractivity contribution in [2.45, 2.75) is 39.7 Å². The van der Waals surface area contributed by atoms with E-state index in [1.54, 1.807) is 18.5 Å². The molecule has 110 valence electrons. The number of rotatable bonds is 4. The van der Waals surface area contributed by atoms with Crippen LogP contribution < -0.4 is 5.32 Å². The van der Waals surface area contributed by atoms with Crippen LogP contribution in [0.4, 0.5) is 5.69 Å². The summed E-state index contributed by atoms with van der Waals surface area (Å²) in [6.07, 6.45) is 5.92. The van der Waals surface area contributed by atoms with E-state index in [4.69, 9.17) is 0 Å². The molecule has 1 unspecified atom stereocenters. The van der Waals surface area contributed by atoms with Gasteiger partial charge in [-0.3, -0.25) is 14.5 Å². The fourth-order valence-electron chi connectivity index (χ4n) is 2.59. The minimum Gasteiger partial charge on any atom is -0.320 e. The molecule has 0 aliphatic heterocycles. The molecule has 1 atom stereocenters. The summed E-state index contributed by atoms with van der Waals surface area (Å²) in [7, 11) is 0. The number of carbonyl (C=O) groups excluding carboxylic acids is 1. The van der Waals surface area contributed by atoms with Gasteiger partial charge in [-0.25, -0.2) is 0 Å². The van der Waals surface area contributed by atoms with Crippen LogP contribution in [0.5, 0.6) is 0 Å². The molecule has 1 saturated carbocycles. The normalized spacial score (nSPS) is 15.8. The van der Waals surface area contributed by atoms with Gasteiger partial charge in [0.2, 0.25) is 0 Å². The average molecular weight is 284 g/mol. The van der Waals surface area contributed by atoms with Gasteiger partial charge in [0.25, 0.3) is 5.91 Å². The molecule has 1 amide bonds. The molecule has 0 saturated heterocycles. The summed E-state index contributed by atoms with van der Waals surface area (Å²) in [4.78, 5) is 16.4. The van der Waals surface area contributed by atoms with Crippen LogP contribution in [0.3, 0.4) is 0 Å². The van der Waals surface area contributed by atoms with E-state index < -0.39 is 0 Å². The lowest BCUT2D eigenvalue weighted by Gasteiger charge is -2.12. The highest BCUT2D eigenvalue weighted by Gasteiger charge is 2.30. The Labute approximate surface area is 124 Å². The molecule has 5 heteroatoms. The van der Waals surface area contributed by atoms with Gasteiger partial charge in [-0.1, -0.05) is 0 Å². The van der Waals surface area contributed by atoms with Crippen LogP contribution in [0.2, 0.25) is 0 Å². The number of aromatic nitrogens is 3. The summed E-state index contributed by atoms with van der Waals surface area (Å²) in [5, 5.41) is 7.38. The van der Waals surface area contributed by atoms with Crippen LogP contribution >= 0.6 is 0 Å². The Kier molecular flexibility index (Phi) is 3.49. The van der Waals surface area contributed by atoms with Gasteiger partial charge >= 0.3 is 0 Å². The Bertz CT molecular complexity index is 673. The predicted molar refractivity (Wildman–Crippen MR) is 81.3 cm³/mol. The topological polar surface area (TPSA) is 59.8 Å². The van der Waals surface area contributed by atoms with Gasteiger partial charge in [0.05, 0.1) is 6.04 Å². The molecule has 3 rings (SSSR count). The Morgan fingerprint density at radius 3 is 2.86 bits per heavy atom. The minimum atomic E-state index is -0.172. The van der Waals surface area contributed by atoms with E-state index in [1.165, 1.54) is 12.8 Å². The first-order chi connectivity index (χ1) is 10.1. The number of aryl methyl sites for hydroxylation is 2. The Morgan fingerprint density at radius 1 is 1.43 bits per heavy atom. The lowest BCUT2D eigenvalue weighted by atomic mass is 10.2. The molecule has 1 fully saturated rings. The smallest absolute Gasteiger partial charge is 0.276 e. The first kappa shape index (κ1) is 13.8. The summed E-state index contributed by atoms with van der Waals surface area (Å²) < 4.78 is 1.98. The second-order valence-electron chi connectivity index (χ2n) is 5.84. The highest BCUT2D eigenvalue weighted by atomic mass is 16.2. The van der Waals surface area contributed by atoms with Gasteiger partial charge in [-0.2, -0.15) is 5.10 Å². The molecule has 1 N–H and O–H groups in total. The van der Waals surface area contributed by atoms with Gasteiger partial charge in [-0.15, -0.1) is 0 Å². The van der Waals surface area contributed by atoms with Crippen molar-refractivity contribution in [3.63, 3.8) is 0 Å². The third-order valence-electron chi connectivity index (χ3n) is 4.11. The number of hydrogen-bond acceptors (Lipinski definition) is 3. The number of nitrogens with one attached hydrogen (secondary N) is 1. The van der Waals surface area contributed by atoms with Crippen LogP contribution in [0, 0.1) is 19.8 Å². The van der Waals surface area contributed by atoms with E-state index in [1.807, 2.05) is 24.6 Å². The molecule has 5 nitrogen and oxygen atoms in total. The summed E-state index contributed by atoms with van der Waals surface area (Å²) in [5.74, 6) is 0.538. The quantitative estimate of drug-likeness (QED) is 0.938. The highest BCUT2D eigenvalue weighted by Crippen LogP contribution is 2.39. The van der Waals surface area contributed by atoms with E-state index in [0.717, 1.165) is 16.9 Å². The second-order valence-corrected chi connectivity index (χ2v) is 5.84. The third kappa shape index (κ3) is 2.82. The molecule has 2 aromatic rings. The summed E-state index contributed by atoms with van der Waals surface area (Å²) in [6.45, 7) is 6.09. The molecule has 2 aromatic heterocycles. The molecule has 2 heterocycles. The Balaban J connectivity index is 1.79. The maximum atomic E-state index is 12.3. The minimum absolute atomic E-state index is 0.172. The monoisotopic (exact) mass is 284 g/mol. The highest BCUT2D eigenvalue weighted by molar-refractivity contribution is 6.03. The van der Waals surface area contributed by atoms with Crippen molar-refractivity contribution in [3.8, 4) is 0 Å². The standard InChI is InChI=1S/C16H20N4O/c1-10-9-17-7-6-14(10)18-16(21)15-8-11(2)20(19-15)12(3)13-4-5-13/h6-9,12-13H,4-5H2,1-3H3,(H,17,18,21).